The van der Waals surface area contributed by atoms with Crippen LogP contribution in [0.1, 0.15) is 22.3 Å². The zero-order valence-corrected chi connectivity index (χ0v) is 16.5. The number of aromatic nitrogens is 2. The van der Waals surface area contributed by atoms with Crippen molar-refractivity contribution < 1.29 is 9.59 Å². The Bertz CT molecular complexity index is 1050. The molecule has 1 aliphatic heterocycles. The van der Waals surface area contributed by atoms with E-state index in [9.17, 15) is 9.59 Å². The maximum Gasteiger partial charge on any atom is 0.258 e. The number of fused-ring (bicyclic) bond motifs is 1. The summed E-state index contributed by atoms with van der Waals surface area (Å²) in [5.74, 6) is -0.301. The molecular formula is C21H17BrN4O2. The van der Waals surface area contributed by atoms with E-state index in [1.807, 2.05) is 48.7 Å². The van der Waals surface area contributed by atoms with Crippen LogP contribution in [0.4, 0.5) is 5.69 Å². The van der Waals surface area contributed by atoms with Gasteiger partial charge in [0.15, 0.2) is 0 Å². The van der Waals surface area contributed by atoms with Crippen LogP contribution in [-0.2, 0) is 4.79 Å². The van der Waals surface area contributed by atoms with Crippen LogP contribution < -0.4 is 5.32 Å². The zero-order valence-electron chi connectivity index (χ0n) is 14.9. The SMILES string of the molecule is C=C1c2ccccc2C(=O)N1CCC(=O)Nc1ccccc1-n1cc(Br)cn1. The van der Waals surface area contributed by atoms with Crippen molar-refractivity contribution in [3.05, 3.63) is 83.1 Å². The number of amides is 2. The summed E-state index contributed by atoms with van der Waals surface area (Å²) in [6, 6.07) is 14.8. The van der Waals surface area contributed by atoms with Crippen molar-refractivity contribution in [1.29, 1.82) is 0 Å². The first-order chi connectivity index (χ1) is 13.5. The van der Waals surface area contributed by atoms with Gasteiger partial charge < -0.3 is 10.2 Å². The van der Waals surface area contributed by atoms with E-state index in [0.29, 0.717) is 16.9 Å². The molecule has 6 nitrogen and oxygen atoms in total. The molecule has 0 saturated heterocycles. The lowest BCUT2D eigenvalue weighted by molar-refractivity contribution is -0.116. The van der Waals surface area contributed by atoms with Gasteiger partial charge in [-0.1, -0.05) is 36.9 Å². The highest BCUT2D eigenvalue weighted by Crippen LogP contribution is 2.31. The summed E-state index contributed by atoms with van der Waals surface area (Å²) >= 11 is 3.37. The highest BCUT2D eigenvalue weighted by atomic mass is 79.9. The van der Waals surface area contributed by atoms with Crippen LogP contribution in [0.25, 0.3) is 11.4 Å². The third-order valence-electron chi connectivity index (χ3n) is 4.58. The smallest absolute Gasteiger partial charge is 0.258 e. The maximum absolute atomic E-state index is 12.5. The van der Waals surface area contributed by atoms with Gasteiger partial charge in [0, 0.05) is 36.0 Å². The predicted octanol–water partition coefficient (Wildman–Crippen LogP) is 4.09. The van der Waals surface area contributed by atoms with E-state index in [0.717, 1.165) is 15.7 Å². The molecule has 3 aromatic rings. The Kier molecular flexibility index (Phi) is 4.83. The first kappa shape index (κ1) is 18.2. The van der Waals surface area contributed by atoms with Crippen LogP contribution in [0.5, 0.6) is 0 Å². The number of nitrogens with one attached hydrogen (secondary N) is 1. The molecule has 140 valence electrons. The van der Waals surface area contributed by atoms with Crippen LogP contribution in [0.2, 0.25) is 0 Å². The molecule has 2 aromatic carbocycles. The lowest BCUT2D eigenvalue weighted by atomic mass is 10.1. The quantitative estimate of drug-likeness (QED) is 0.654. The summed E-state index contributed by atoms with van der Waals surface area (Å²) < 4.78 is 2.53. The number of para-hydroxylation sites is 2. The standard InChI is InChI=1S/C21H17BrN4O2/c1-14-16-6-2-3-7-17(16)21(28)25(14)11-10-20(27)24-18-8-4-5-9-19(18)26-13-15(22)12-23-26/h2-9,12-13H,1,10-11H2,(H,24,27). The fourth-order valence-electron chi connectivity index (χ4n) is 3.21. The number of nitrogens with zero attached hydrogens (tertiary/aromatic N) is 3. The minimum atomic E-state index is -0.185. The number of benzene rings is 2. The molecule has 4 rings (SSSR count). The molecule has 0 atom stereocenters. The molecule has 28 heavy (non-hydrogen) atoms. The third-order valence-corrected chi connectivity index (χ3v) is 4.99. The number of carbonyl (C=O) groups excluding carboxylic acids is 2. The van der Waals surface area contributed by atoms with Gasteiger partial charge in [-0.3, -0.25) is 9.59 Å². The highest BCUT2D eigenvalue weighted by molar-refractivity contribution is 9.10. The summed E-state index contributed by atoms with van der Waals surface area (Å²) in [5.41, 5.74) is 3.49. The molecule has 0 aliphatic carbocycles. The van der Waals surface area contributed by atoms with Crippen molar-refractivity contribution in [1.82, 2.24) is 14.7 Å². The van der Waals surface area contributed by atoms with Gasteiger partial charge in [-0.25, -0.2) is 4.68 Å². The lowest BCUT2D eigenvalue weighted by Gasteiger charge is -2.17. The second kappa shape index (κ2) is 7.44. The maximum atomic E-state index is 12.5. The van der Waals surface area contributed by atoms with Crippen molar-refractivity contribution in [3.63, 3.8) is 0 Å². The Morgan fingerprint density at radius 1 is 1.11 bits per heavy atom. The average molecular weight is 437 g/mol. The number of hydrogen-bond donors (Lipinski definition) is 1. The molecule has 0 unspecified atom stereocenters. The van der Waals surface area contributed by atoms with Crippen molar-refractivity contribution >= 4 is 39.1 Å². The van der Waals surface area contributed by atoms with Gasteiger partial charge >= 0.3 is 0 Å². The number of hydrogen-bond acceptors (Lipinski definition) is 3. The zero-order chi connectivity index (χ0) is 19.7. The molecule has 1 aromatic heterocycles. The van der Waals surface area contributed by atoms with Crippen molar-refractivity contribution in [2.24, 2.45) is 0 Å². The molecule has 0 fully saturated rings. The fourth-order valence-corrected chi connectivity index (χ4v) is 3.49. The predicted molar refractivity (Wildman–Crippen MR) is 111 cm³/mol. The molecule has 2 amide bonds. The molecular weight excluding hydrogens is 420 g/mol. The summed E-state index contributed by atoms with van der Waals surface area (Å²) in [4.78, 5) is 26.6. The van der Waals surface area contributed by atoms with E-state index in [1.54, 1.807) is 21.8 Å². The molecule has 0 spiro atoms. The van der Waals surface area contributed by atoms with Crippen molar-refractivity contribution in [3.8, 4) is 5.69 Å². The van der Waals surface area contributed by atoms with Gasteiger partial charge in [-0.2, -0.15) is 5.10 Å². The van der Waals surface area contributed by atoms with Gasteiger partial charge in [0.05, 0.1) is 22.0 Å². The Labute approximate surface area is 170 Å². The van der Waals surface area contributed by atoms with Crippen LogP contribution in [0.15, 0.2) is 72.0 Å². The van der Waals surface area contributed by atoms with E-state index >= 15 is 0 Å². The van der Waals surface area contributed by atoms with Gasteiger partial charge in [0.25, 0.3) is 5.91 Å². The molecule has 0 saturated carbocycles. The monoisotopic (exact) mass is 436 g/mol. The molecule has 1 aliphatic rings. The molecule has 1 N–H and O–H groups in total. The highest BCUT2D eigenvalue weighted by Gasteiger charge is 2.30. The summed E-state index contributed by atoms with van der Waals surface area (Å²) in [6.07, 6.45) is 3.66. The van der Waals surface area contributed by atoms with Crippen LogP contribution in [0, 0.1) is 0 Å². The van der Waals surface area contributed by atoms with E-state index in [2.05, 4.69) is 32.9 Å². The Balaban J connectivity index is 1.44. The Morgan fingerprint density at radius 3 is 2.54 bits per heavy atom. The van der Waals surface area contributed by atoms with Gasteiger partial charge in [0.1, 0.15) is 0 Å². The Hall–Kier alpha value is -3.19. The summed E-state index contributed by atoms with van der Waals surface area (Å²) in [5, 5.41) is 7.17. The Morgan fingerprint density at radius 2 is 1.82 bits per heavy atom. The summed E-state index contributed by atoms with van der Waals surface area (Å²) in [6.45, 7) is 4.27. The fraction of sp³-hybridized carbons (Fsp3) is 0.0952. The topological polar surface area (TPSA) is 67.2 Å². The van der Waals surface area contributed by atoms with Crippen LogP contribution >= 0.6 is 15.9 Å². The number of anilines is 1. The van der Waals surface area contributed by atoms with Crippen LogP contribution in [0.3, 0.4) is 0 Å². The molecule has 0 radical (unpaired) electrons. The van der Waals surface area contributed by atoms with Gasteiger partial charge in [-0.05, 0) is 34.1 Å². The minimum Gasteiger partial charge on any atom is -0.324 e. The van der Waals surface area contributed by atoms with E-state index in [4.69, 9.17) is 0 Å². The normalized spacial score (nSPS) is 13.0. The molecule has 7 heteroatoms. The van der Waals surface area contributed by atoms with Gasteiger partial charge in [0.2, 0.25) is 5.91 Å². The van der Waals surface area contributed by atoms with Crippen LogP contribution in [-0.4, -0.2) is 33.0 Å². The van der Waals surface area contributed by atoms with Crippen molar-refractivity contribution in [2.75, 3.05) is 11.9 Å². The number of rotatable bonds is 5. The third kappa shape index (κ3) is 3.36. The van der Waals surface area contributed by atoms with E-state index in [1.165, 1.54) is 0 Å². The van der Waals surface area contributed by atoms with Crippen molar-refractivity contribution in [2.45, 2.75) is 6.42 Å². The van der Waals surface area contributed by atoms with E-state index < -0.39 is 0 Å². The average Bonchev–Trinajstić information content (AvgIpc) is 3.23. The largest absolute Gasteiger partial charge is 0.324 e. The number of carbonyl (C=O) groups is 2. The first-order valence-electron chi connectivity index (χ1n) is 8.74. The summed E-state index contributed by atoms with van der Waals surface area (Å²) in [7, 11) is 0. The van der Waals surface area contributed by atoms with Gasteiger partial charge in [-0.15, -0.1) is 0 Å². The lowest BCUT2D eigenvalue weighted by Crippen LogP contribution is -2.27. The minimum absolute atomic E-state index is 0.116. The second-order valence-corrected chi connectivity index (χ2v) is 7.28. The first-order valence-corrected chi connectivity index (χ1v) is 9.53. The molecule has 2 heterocycles. The number of halogens is 1. The molecule has 0 bridgehead atoms. The van der Waals surface area contributed by atoms with E-state index in [-0.39, 0.29) is 24.8 Å². The second-order valence-electron chi connectivity index (χ2n) is 6.37.